The topological polar surface area (TPSA) is 119 Å². The van der Waals surface area contributed by atoms with Gasteiger partial charge in [-0.05, 0) is 44.0 Å². The van der Waals surface area contributed by atoms with Gasteiger partial charge in [-0.2, -0.15) is 18.4 Å². The summed E-state index contributed by atoms with van der Waals surface area (Å²) in [6.07, 6.45) is -4.60. The van der Waals surface area contributed by atoms with Crippen LogP contribution in [0.1, 0.15) is 31.4 Å². The molecule has 0 saturated carbocycles. The summed E-state index contributed by atoms with van der Waals surface area (Å²) in [5, 5.41) is 12.6. The number of alkyl halides is 3. The number of hydrogen-bond acceptors (Lipinski definition) is 5. The number of halogens is 3. The fourth-order valence-corrected chi connectivity index (χ4v) is 5.00. The van der Waals surface area contributed by atoms with Crippen LogP contribution in [-0.4, -0.2) is 29.1 Å². The number of azide groups is 1. The molecule has 0 aliphatic carbocycles. The third-order valence-electron chi connectivity index (χ3n) is 6.17. The van der Waals surface area contributed by atoms with Gasteiger partial charge in [-0.1, -0.05) is 5.11 Å². The second-order valence-electron chi connectivity index (χ2n) is 7.83. The van der Waals surface area contributed by atoms with E-state index in [4.69, 9.17) is 15.5 Å². The SMILES string of the molecule is C[C@@]12CC(N=[N+]=[N-])[C@@](C)(O1)[C@H]1C(=O)N(c3ccc(C#N)c(C(F)(F)F)c3)C(=O)[C@H]12. The number of fused-ring (bicyclic) bond motifs is 5. The standard InChI is InChI=1S/C18H14F3N5O3/c1-16-6-11(24-25-23)17(2,29-16)13-12(16)14(27)26(15(13)28)9-4-3-8(7-22)10(5-9)18(19,20)21/h3-5,11-13H,6H2,1-2H3/t11?,12-,13+,16-,17+/m0/s1. The molecule has 3 heterocycles. The van der Waals surface area contributed by atoms with Gasteiger partial charge in [0, 0.05) is 4.91 Å². The van der Waals surface area contributed by atoms with Crippen molar-refractivity contribution in [2.24, 2.45) is 17.0 Å². The molecule has 3 fully saturated rings. The van der Waals surface area contributed by atoms with E-state index in [1.807, 2.05) is 0 Å². The lowest BCUT2D eigenvalue weighted by atomic mass is 9.67. The molecular weight excluding hydrogens is 391 g/mol. The zero-order chi connectivity index (χ0) is 21.4. The minimum atomic E-state index is -4.82. The summed E-state index contributed by atoms with van der Waals surface area (Å²) in [6, 6.07) is 3.49. The maximum atomic E-state index is 13.3. The minimum absolute atomic E-state index is 0.225. The summed E-state index contributed by atoms with van der Waals surface area (Å²) >= 11 is 0. The zero-order valence-corrected chi connectivity index (χ0v) is 15.3. The highest BCUT2D eigenvalue weighted by molar-refractivity contribution is 6.23. The van der Waals surface area contributed by atoms with Crippen LogP contribution >= 0.6 is 0 Å². The van der Waals surface area contributed by atoms with Crippen molar-refractivity contribution < 1.29 is 27.5 Å². The molecule has 0 aromatic heterocycles. The van der Waals surface area contributed by atoms with Crippen molar-refractivity contribution in [1.29, 1.82) is 5.26 Å². The quantitative estimate of drug-likeness (QED) is 0.324. The van der Waals surface area contributed by atoms with Gasteiger partial charge in [0.2, 0.25) is 11.8 Å². The van der Waals surface area contributed by atoms with Crippen LogP contribution in [0.2, 0.25) is 0 Å². The van der Waals surface area contributed by atoms with Crippen molar-refractivity contribution in [1.82, 2.24) is 0 Å². The molecule has 1 unspecified atom stereocenters. The second kappa shape index (κ2) is 5.72. The van der Waals surface area contributed by atoms with E-state index in [0.717, 1.165) is 17.0 Å². The van der Waals surface area contributed by atoms with Gasteiger partial charge in [-0.25, -0.2) is 4.90 Å². The molecule has 3 aliphatic heterocycles. The molecule has 2 bridgehead atoms. The van der Waals surface area contributed by atoms with Gasteiger partial charge in [-0.3, -0.25) is 9.59 Å². The zero-order valence-electron chi connectivity index (χ0n) is 15.3. The van der Waals surface area contributed by atoms with Crippen molar-refractivity contribution >= 4 is 17.5 Å². The van der Waals surface area contributed by atoms with Gasteiger partial charge >= 0.3 is 6.18 Å². The molecule has 150 valence electrons. The highest BCUT2D eigenvalue weighted by Gasteiger charge is 2.75. The summed E-state index contributed by atoms with van der Waals surface area (Å²) in [5.74, 6) is -3.24. The fourth-order valence-electron chi connectivity index (χ4n) is 5.00. The monoisotopic (exact) mass is 405 g/mol. The first-order valence-corrected chi connectivity index (χ1v) is 8.71. The predicted octanol–water partition coefficient (Wildman–Crippen LogP) is 3.31. The Hall–Kier alpha value is -3.09. The Morgan fingerprint density at radius 3 is 2.55 bits per heavy atom. The largest absolute Gasteiger partial charge is 0.417 e. The van der Waals surface area contributed by atoms with E-state index in [1.165, 1.54) is 6.07 Å². The first kappa shape index (κ1) is 19.2. The van der Waals surface area contributed by atoms with Crippen LogP contribution in [-0.2, 0) is 20.5 Å². The van der Waals surface area contributed by atoms with E-state index >= 15 is 0 Å². The lowest BCUT2D eigenvalue weighted by Gasteiger charge is -2.32. The van der Waals surface area contributed by atoms with Crippen LogP contribution < -0.4 is 4.90 Å². The number of ether oxygens (including phenoxy) is 1. The molecule has 29 heavy (non-hydrogen) atoms. The number of imide groups is 1. The number of benzene rings is 1. The maximum Gasteiger partial charge on any atom is 0.417 e. The van der Waals surface area contributed by atoms with E-state index in [-0.39, 0.29) is 12.1 Å². The van der Waals surface area contributed by atoms with Crippen molar-refractivity contribution in [2.45, 2.75) is 43.7 Å². The van der Waals surface area contributed by atoms with Gasteiger partial charge in [-0.15, -0.1) is 0 Å². The van der Waals surface area contributed by atoms with E-state index in [1.54, 1.807) is 13.8 Å². The fraction of sp³-hybridized carbons (Fsp3) is 0.500. The summed E-state index contributed by atoms with van der Waals surface area (Å²) in [5.41, 5.74) is 4.42. The third kappa shape index (κ3) is 2.39. The molecule has 5 atom stereocenters. The Balaban J connectivity index is 1.81. The van der Waals surface area contributed by atoms with Gasteiger partial charge in [0.05, 0.1) is 52.0 Å². The second-order valence-corrected chi connectivity index (χ2v) is 7.83. The van der Waals surface area contributed by atoms with Crippen LogP contribution in [0.4, 0.5) is 18.9 Å². The molecule has 11 heteroatoms. The molecule has 1 aromatic rings. The van der Waals surface area contributed by atoms with Crippen molar-refractivity contribution in [3.63, 3.8) is 0 Å². The van der Waals surface area contributed by atoms with E-state index in [2.05, 4.69) is 10.0 Å². The van der Waals surface area contributed by atoms with E-state index < -0.39 is 58.2 Å². The lowest BCUT2D eigenvalue weighted by molar-refractivity contribution is -0.138. The number of nitrogens with zero attached hydrogens (tertiary/aromatic N) is 5. The molecule has 3 aliphatic rings. The normalized spacial score (nSPS) is 35.4. The minimum Gasteiger partial charge on any atom is -0.367 e. The summed E-state index contributed by atoms with van der Waals surface area (Å²) in [6.45, 7) is 3.22. The third-order valence-corrected chi connectivity index (χ3v) is 6.17. The van der Waals surface area contributed by atoms with Crippen molar-refractivity contribution in [3.8, 4) is 6.07 Å². The Bertz CT molecular complexity index is 1040. The Morgan fingerprint density at radius 2 is 1.97 bits per heavy atom. The highest BCUT2D eigenvalue weighted by Crippen LogP contribution is 2.61. The number of amides is 2. The van der Waals surface area contributed by atoms with E-state index in [0.29, 0.717) is 6.07 Å². The smallest absolute Gasteiger partial charge is 0.367 e. The van der Waals surface area contributed by atoms with Crippen LogP contribution in [0.3, 0.4) is 0 Å². The molecule has 2 amide bonds. The first-order chi connectivity index (χ1) is 13.5. The summed E-state index contributed by atoms with van der Waals surface area (Å²) < 4.78 is 45.9. The van der Waals surface area contributed by atoms with Gasteiger partial charge < -0.3 is 4.74 Å². The number of carbonyl (C=O) groups is 2. The van der Waals surface area contributed by atoms with Gasteiger partial charge in [0.15, 0.2) is 0 Å². The van der Waals surface area contributed by atoms with Crippen LogP contribution in [0.5, 0.6) is 0 Å². The Kier molecular flexibility index (Phi) is 3.79. The van der Waals surface area contributed by atoms with Crippen LogP contribution in [0.25, 0.3) is 10.4 Å². The number of anilines is 1. The first-order valence-electron chi connectivity index (χ1n) is 8.71. The van der Waals surface area contributed by atoms with Gasteiger partial charge in [0.1, 0.15) is 0 Å². The number of nitriles is 1. The van der Waals surface area contributed by atoms with E-state index in [9.17, 15) is 22.8 Å². The van der Waals surface area contributed by atoms with Crippen LogP contribution in [0.15, 0.2) is 23.3 Å². The Labute approximate surface area is 162 Å². The molecular formula is C18H14F3N5O3. The Morgan fingerprint density at radius 1 is 1.31 bits per heavy atom. The summed E-state index contributed by atoms with van der Waals surface area (Å²) in [4.78, 5) is 29.7. The number of carbonyl (C=O) groups excluding carboxylic acids is 2. The molecule has 3 saturated heterocycles. The summed E-state index contributed by atoms with van der Waals surface area (Å²) in [7, 11) is 0. The average molecular weight is 405 g/mol. The van der Waals surface area contributed by atoms with Gasteiger partial charge in [0.25, 0.3) is 0 Å². The molecule has 4 rings (SSSR count). The molecule has 0 spiro atoms. The van der Waals surface area contributed by atoms with Crippen molar-refractivity contribution in [2.75, 3.05) is 4.90 Å². The molecule has 0 N–H and O–H groups in total. The highest BCUT2D eigenvalue weighted by atomic mass is 19.4. The number of rotatable bonds is 2. The average Bonchev–Trinajstić information content (AvgIpc) is 3.15. The lowest BCUT2D eigenvalue weighted by Crippen LogP contribution is -2.48. The maximum absolute atomic E-state index is 13.3. The molecule has 1 aromatic carbocycles. The van der Waals surface area contributed by atoms with Crippen LogP contribution in [0, 0.1) is 23.2 Å². The molecule has 8 nitrogen and oxygen atoms in total. The number of hydrogen-bond donors (Lipinski definition) is 0. The van der Waals surface area contributed by atoms with Crippen molar-refractivity contribution in [3.05, 3.63) is 39.8 Å². The predicted molar refractivity (Wildman–Crippen MR) is 91.1 cm³/mol. The molecule has 0 radical (unpaired) electrons.